The lowest BCUT2D eigenvalue weighted by Gasteiger charge is -2.28. The van der Waals surface area contributed by atoms with Crippen LogP contribution in [0.15, 0.2) is 18.5 Å². The second-order valence-electron chi connectivity index (χ2n) is 3.28. The molecule has 2 heterocycles. The van der Waals surface area contributed by atoms with Gasteiger partial charge in [-0.3, -0.25) is 0 Å². The summed E-state index contributed by atoms with van der Waals surface area (Å²) in [5, 5.41) is 3.26. The van der Waals surface area contributed by atoms with Crippen LogP contribution in [-0.4, -0.2) is 30.8 Å². The molecule has 4 nitrogen and oxygen atoms in total. The van der Waals surface area contributed by atoms with Crippen LogP contribution in [-0.2, 0) is 4.74 Å². The molecular formula is C9H15N3O. The summed E-state index contributed by atoms with van der Waals surface area (Å²) in [6.07, 6.45) is 3.90. The monoisotopic (exact) mass is 181 g/mol. The van der Waals surface area contributed by atoms with Crippen LogP contribution in [0.1, 0.15) is 11.6 Å². The molecule has 0 aliphatic carbocycles. The van der Waals surface area contributed by atoms with Crippen LogP contribution in [0.5, 0.6) is 0 Å². The van der Waals surface area contributed by atoms with E-state index >= 15 is 0 Å². The summed E-state index contributed by atoms with van der Waals surface area (Å²) in [5.74, 6) is 0. The minimum absolute atomic E-state index is 0.0287. The fourth-order valence-electron chi connectivity index (χ4n) is 1.58. The van der Waals surface area contributed by atoms with E-state index in [9.17, 15) is 0 Å². The molecule has 1 aromatic heterocycles. The summed E-state index contributed by atoms with van der Waals surface area (Å²) in [5.41, 5.74) is 7.13. The van der Waals surface area contributed by atoms with Gasteiger partial charge in [0.05, 0.1) is 18.8 Å². The fourth-order valence-corrected chi connectivity index (χ4v) is 1.58. The zero-order valence-corrected chi connectivity index (χ0v) is 7.49. The number of H-pyrrole nitrogens is 1. The van der Waals surface area contributed by atoms with Gasteiger partial charge in [0.15, 0.2) is 0 Å². The van der Waals surface area contributed by atoms with Gasteiger partial charge in [-0.05, 0) is 11.6 Å². The van der Waals surface area contributed by atoms with E-state index in [-0.39, 0.29) is 12.1 Å². The molecule has 1 aliphatic heterocycles. The van der Waals surface area contributed by atoms with E-state index in [4.69, 9.17) is 10.5 Å². The van der Waals surface area contributed by atoms with Gasteiger partial charge < -0.3 is 20.8 Å². The van der Waals surface area contributed by atoms with Crippen molar-refractivity contribution in [3.8, 4) is 0 Å². The molecule has 72 valence electrons. The van der Waals surface area contributed by atoms with E-state index in [1.807, 2.05) is 18.5 Å². The first-order chi connectivity index (χ1) is 6.38. The van der Waals surface area contributed by atoms with Crippen LogP contribution in [0.3, 0.4) is 0 Å². The van der Waals surface area contributed by atoms with E-state index in [1.165, 1.54) is 0 Å². The van der Waals surface area contributed by atoms with Gasteiger partial charge in [0, 0.05) is 25.5 Å². The Morgan fingerprint density at radius 2 is 2.54 bits per heavy atom. The number of hydrogen-bond acceptors (Lipinski definition) is 3. The van der Waals surface area contributed by atoms with E-state index in [0.29, 0.717) is 0 Å². The highest BCUT2D eigenvalue weighted by atomic mass is 16.5. The van der Waals surface area contributed by atoms with Crippen molar-refractivity contribution in [2.24, 2.45) is 5.73 Å². The molecule has 0 bridgehead atoms. The van der Waals surface area contributed by atoms with Gasteiger partial charge in [0.1, 0.15) is 0 Å². The van der Waals surface area contributed by atoms with Crippen LogP contribution in [0, 0.1) is 0 Å². The summed E-state index contributed by atoms with van der Waals surface area (Å²) in [6, 6.07) is 1.96. The van der Waals surface area contributed by atoms with E-state index in [2.05, 4.69) is 10.3 Å². The highest BCUT2D eigenvalue weighted by Crippen LogP contribution is 2.16. The lowest BCUT2D eigenvalue weighted by Crippen LogP contribution is -2.44. The molecule has 0 saturated carbocycles. The number of ether oxygens (including phenoxy) is 1. The van der Waals surface area contributed by atoms with Crippen molar-refractivity contribution in [2.45, 2.75) is 12.1 Å². The maximum absolute atomic E-state index is 6.03. The van der Waals surface area contributed by atoms with Gasteiger partial charge in [0.2, 0.25) is 0 Å². The molecule has 0 amide bonds. The van der Waals surface area contributed by atoms with Gasteiger partial charge in [-0.25, -0.2) is 0 Å². The van der Waals surface area contributed by atoms with Gasteiger partial charge in [-0.15, -0.1) is 0 Å². The Kier molecular flexibility index (Phi) is 2.63. The van der Waals surface area contributed by atoms with Crippen LogP contribution >= 0.6 is 0 Å². The second-order valence-corrected chi connectivity index (χ2v) is 3.28. The molecule has 0 radical (unpaired) electrons. The average Bonchev–Trinajstić information content (AvgIpc) is 2.71. The van der Waals surface area contributed by atoms with Gasteiger partial charge in [0.25, 0.3) is 0 Å². The smallest absolute Gasteiger partial charge is 0.0892 e. The molecule has 4 heteroatoms. The molecule has 1 aliphatic rings. The van der Waals surface area contributed by atoms with Crippen LogP contribution in [0.25, 0.3) is 0 Å². The Bertz CT molecular complexity index is 241. The summed E-state index contributed by atoms with van der Waals surface area (Å²) >= 11 is 0. The van der Waals surface area contributed by atoms with Crippen molar-refractivity contribution in [3.63, 3.8) is 0 Å². The van der Waals surface area contributed by atoms with Crippen molar-refractivity contribution < 1.29 is 4.74 Å². The van der Waals surface area contributed by atoms with E-state index in [1.54, 1.807) is 0 Å². The van der Waals surface area contributed by atoms with Crippen molar-refractivity contribution >= 4 is 0 Å². The zero-order chi connectivity index (χ0) is 9.10. The fraction of sp³-hybridized carbons (Fsp3) is 0.556. The number of aromatic nitrogens is 1. The quantitative estimate of drug-likeness (QED) is 0.602. The molecule has 4 N–H and O–H groups in total. The van der Waals surface area contributed by atoms with Crippen LogP contribution in [0.2, 0.25) is 0 Å². The first-order valence-corrected chi connectivity index (χ1v) is 4.58. The topological polar surface area (TPSA) is 63.1 Å². The molecule has 0 spiro atoms. The van der Waals surface area contributed by atoms with Gasteiger partial charge in [-0.2, -0.15) is 0 Å². The van der Waals surface area contributed by atoms with Crippen molar-refractivity contribution in [1.29, 1.82) is 0 Å². The lowest BCUT2D eigenvalue weighted by molar-refractivity contribution is 0.0122. The molecule has 1 saturated heterocycles. The summed E-state index contributed by atoms with van der Waals surface area (Å²) in [4.78, 5) is 2.99. The van der Waals surface area contributed by atoms with Crippen LogP contribution < -0.4 is 11.1 Å². The molecule has 2 atom stereocenters. The molecule has 13 heavy (non-hydrogen) atoms. The van der Waals surface area contributed by atoms with Crippen LogP contribution in [0.4, 0.5) is 0 Å². The van der Waals surface area contributed by atoms with Crippen molar-refractivity contribution in [3.05, 3.63) is 24.0 Å². The third-order valence-corrected chi connectivity index (χ3v) is 2.36. The van der Waals surface area contributed by atoms with Crippen molar-refractivity contribution in [1.82, 2.24) is 10.3 Å². The number of nitrogens with two attached hydrogens (primary N) is 1. The average molecular weight is 181 g/mol. The maximum Gasteiger partial charge on any atom is 0.0892 e. The normalized spacial score (nSPS) is 25.8. The molecule has 1 aromatic rings. The highest BCUT2D eigenvalue weighted by molar-refractivity contribution is 5.15. The first-order valence-electron chi connectivity index (χ1n) is 4.58. The second kappa shape index (κ2) is 3.91. The Balaban J connectivity index is 1.99. The zero-order valence-electron chi connectivity index (χ0n) is 7.49. The summed E-state index contributed by atoms with van der Waals surface area (Å²) in [6.45, 7) is 2.52. The number of hydrogen-bond donors (Lipinski definition) is 3. The first kappa shape index (κ1) is 8.74. The van der Waals surface area contributed by atoms with Gasteiger partial charge in [-0.1, -0.05) is 0 Å². The molecule has 2 unspecified atom stereocenters. The predicted molar refractivity (Wildman–Crippen MR) is 50.3 cm³/mol. The van der Waals surface area contributed by atoms with Crippen molar-refractivity contribution in [2.75, 3.05) is 19.7 Å². The Morgan fingerprint density at radius 1 is 1.62 bits per heavy atom. The maximum atomic E-state index is 6.03. The predicted octanol–water partition coefficient (Wildman–Crippen LogP) is 0.00290. The summed E-state index contributed by atoms with van der Waals surface area (Å²) < 4.78 is 5.56. The minimum Gasteiger partial charge on any atom is -0.374 e. The molecular weight excluding hydrogens is 166 g/mol. The third kappa shape index (κ3) is 1.91. The largest absolute Gasteiger partial charge is 0.374 e. The lowest BCUT2D eigenvalue weighted by atomic mass is 10.1. The van der Waals surface area contributed by atoms with E-state index in [0.717, 1.165) is 25.3 Å². The highest BCUT2D eigenvalue weighted by Gasteiger charge is 2.22. The third-order valence-electron chi connectivity index (χ3n) is 2.36. The number of rotatable bonds is 2. The van der Waals surface area contributed by atoms with E-state index < -0.39 is 0 Å². The minimum atomic E-state index is -0.0287. The molecule has 0 aromatic carbocycles. The van der Waals surface area contributed by atoms with Gasteiger partial charge >= 0.3 is 0 Å². The number of morpholine rings is 1. The summed E-state index contributed by atoms with van der Waals surface area (Å²) in [7, 11) is 0. The SMILES string of the molecule is NC(c1cc[nH]c1)C1CNCCO1. The number of nitrogens with one attached hydrogen (secondary N) is 2. The molecule has 1 fully saturated rings. The molecule has 2 rings (SSSR count). The Hall–Kier alpha value is -0.840. The number of aromatic amines is 1. The Labute approximate surface area is 77.5 Å². The standard InChI is InChI=1S/C9H15N3O/c10-9(7-1-2-11-5-7)8-6-12-3-4-13-8/h1-2,5,8-9,11-12H,3-4,6,10H2. The Morgan fingerprint density at radius 3 is 3.15 bits per heavy atom.